The summed E-state index contributed by atoms with van der Waals surface area (Å²) in [5.41, 5.74) is 1.75. The third-order valence-corrected chi connectivity index (χ3v) is 3.98. The number of ether oxygens (including phenoxy) is 1. The van der Waals surface area contributed by atoms with Crippen molar-refractivity contribution in [2.45, 2.75) is 13.0 Å². The van der Waals surface area contributed by atoms with Crippen LogP contribution in [0.25, 0.3) is 0 Å². The summed E-state index contributed by atoms with van der Waals surface area (Å²) in [5, 5.41) is 2.90. The third-order valence-electron chi connectivity index (χ3n) is 3.98. The molecule has 0 unspecified atom stereocenters. The molecule has 1 N–H and O–H groups in total. The molecule has 3 rings (SSSR count). The van der Waals surface area contributed by atoms with Gasteiger partial charge in [0.2, 0.25) is 5.91 Å². The zero-order valence-corrected chi connectivity index (χ0v) is 13.5. The summed E-state index contributed by atoms with van der Waals surface area (Å²) in [5.74, 6) is -0.107. The highest BCUT2D eigenvalue weighted by atomic mass is 16.5. The second kappa shape index (κ2) is 7.79. The number of hydrogen-bond acceptors (Lipinski definition) is 4. The van der Waals surface area contributed by atoms with Gasteiger partial charge < -0.3 is 19.5 Å². The van der Waals surface area contributed by atoms with Crippen LogP contribution in [0.2, 0.25) is 0 Å². The van der Waals surface area contributed by atoms with E-state index in [1.54, 1.807) is 18.3 Å². The van der Waals surface area contributed by atoms with E-state index in [1.165, 1.54) is 10.6 Å². The van der Waals surface area contributed by atoms with Gasteiger partial charge in [0.15, 0.2) is 0 Å². The van der Waals surface area contributed by atoms with Gasteiger partial charge in [-0.05, 0) is 24.3 Å². The SMILES string of the molecule is O=C(CCn1ccccc1=O)Nc1cccc(N2CCOCC2)c1. The smallest absolute Gasteiger partial charge is 0.250 e. The van der Waals surface area contributed by atoms with Crippen molar-refractivity contribution in [3.05, 3.63) is 59.0 Å². The molecule has 0 aliphatic carbocycles. The number of benzene rings is 1. The Hall–Kier alpha value is -2.60. The zero-order valence-electron chi connectivity index (χ0n) is 13.5. The highest BCUT2D eigenvalue weighted by molar-refractivity contribution is 5.91. The Morgan fingerprint density at radius 1 is 1.12 bits per heavy atom. The highest BCUT2D eigenvalue weighted by Gasteiger charge is 2.12. The molecular weight excluding hydrogens is 306 g/mol. The number of morpholine rings is 1. The molecule has 1 aliphatic heterocycles. The first kappa shape index (κ1) is 16.3. The van der Waals surface area contributed by atoms with Crippen molar-refractivity contribution in [1.82, 2.24) is 4.57 Å². The van der Waals surface area contributed by atoms with Crippen molar-refractivity contribution in [2.75, 3.05) is 36.5 Å². The van der Waals surface area contributed by atoms with Crippen LogP contribution in [0.1, 0.15) is 6.42 Å². The number of anilines is 2. The molecule has 1 aromatic carbocycles. The van der Waals surface area contributed by atoms with Gasteiger partial charge in [-0.2, -0.15) is 0 Å². The number of nitrogens with one attached hydrogen (secondary N) is 1. The van der Waals surface area contributed by atoms with Gasteiger partial charge in [-0.25, -0.2) is 0 Å². The van der Waals surface area contributed by atoms with E-state index >= 15 is 0 Å². The van der Waals surface area contributed by atoms with Gasteiger partial charge in [0.1, 0.15) is 0 Å². The Morgan fingerprint density at radius 3 is 2.75 bits per heavy atom. The maximum atomic E-state index is 12.1. The molecule has 24 heavy (non-hydrogen) atoms. The third kappa shape index (κ3) is 4.23. The van der Waals surface area contributed by atoms with Crippen LogP contribution < -0.4 is 15.8 Å². The molecule has 0 bridgehead atoms. The molecule has 0 saturated carbocycles. The summed E-state index contributed by atoms with van der Waals surface area (Å²) in [6.07, 6.45) is 1.94. The first-order valence-electron chi connectivity index (χ1n) is 8.10. The van der Waals surface area contributed by atoms with E-state index in [1.807, 2.05) is 24.3 Å². The van der Waals surface area contributed by atoms with Crippen LogP contribution in [-0.2, 0) is 16.1 Å². The number of aromatic nitrogens is 1. The maximum absolute atomic E-state index is 12.1. The van der Waals surface area contributed by atoms with Crippen LogP contribution in [-0.4, -0.2) is 36.8 Å². The average Bonchev–Trinajstić information content (AvgIpc) is 2.62. The molecule has 1 aromatic heterocycles. The Balaban J connectivity index is 1.58. The number of rotatable bonds is 5. The molecule has 6 nitrogen and oxygen atoms in total. The fourth-order valence-electron chi connectivity index (χ4n) is 2.69. The Labute approximate surface area is 140 Å². The molecule has 2 heterocycles. The summed E-state index contributed by atoms with van der Waals surface area (Å²) < 4.78 is 6.89. The van der Waals surface area contributed by atoms with Crippen molar-refractivity contribution in [2.24, 2.45) is 0 Å². The van der Waals surface area contributed by atoms with Crippen molar-refractivity contribution in [3.8, 4) is 0 Å². The van der Waals surface area contributed by atoms with Crippen molar-refractivity contribution in [3.63, 3.8) is 0 Å². The average molecular weight is 327 g/mol. The molecule has 2 aromatic rings. The quantitative estimate of drug-likeness (QED) is 0.908. The molecule has 6 heteroatoms. The summed E-state index contributed by atoms with van der Waals surface area (Å²) in [6.45, 7) is 3.53. The Bertz CT molecular complexity index is 751. The number of amides is 1. The standard InChI is InChI=1S/C18H21N3O3/c22-17(7-9-21-8-2-1-6-18(21)23)19-15-4-3-5-16(14-15)20-10-12-24-13-11-20/h1-6,8,14H,7,9-13H2,(H,19,22). The van der Waals surface area contributed by atoms with Crippen LogP contribution in [0.15, 0.2) is 53.5 Å². The van der Waals surface area contributed by atoms with Crippen molar-refractivity contribution < 1.29 is 9.53 Å². The lowest BCUT2D eigenvalue weighted by atomic mass is 10.2. The molecule has 1 saturated heterocycles. The summed E-state index contributed by atoms with van der Waals surface area (Å²) in [4.78, 5) is 26.0. The molecule has 0 atom stereocenters. The minimum absolute atomic E-state index is 0.0976. The molecule has 0 spiro atoms. The maximum Gasteiger partial charge on any atom is 0.250 e. The van der Waals surface area contributed by atoms with E-state index < -0.39 is 0 Å². The van der Waals surface area contributed by atoms with Crippen molar-refractivity contribution >= 4 is 17.3 Å². The number of carbonyl (C=O) groups is 1. The predicted molar refractivity (Wildman–Crippen MR) is 93.4 cm³/mol. The molecule has 0 radical (unpaired) electrons. The summed E-state index contributed by atoms with van der Waals surface area (Å²) >= 11 is 0. The molecule has 1 amide bonds. The van der Waals surface area contributed by atoms with Gasteiger partial charge in [0, 0.05) is 49.7 Å². The molecule has 1 fully saturated rings. The van der Waals surface area contributed by atoms with E-state index in [0.29, 0.717) is 6.54 Å². The number of aryl methyl sites for hydroxylation is 1. The second-order valence-electron chi connectivity index (χ2n) is 5.68. The monoisotopic (exact) mass is 327 g/mol. The predicted octanol–water partition coefficient (Wildman–Crippen LogP) is 1.71. The first-order chi connectivity index (χ1) is 11.7. The lowest BCUT2D eigenvalue weighted by Gasteiger charge is -2.29. The van der Waals surface area contributed by atoms with Gasteiger partial charge in [0.25, 0.3) is 5.56 Å². The van der Waals surface area contributed by atoms with E-state index in [-0.39, 0.29) is 17.9 Å². The Morgan fingerprint density at radius 2 is 1.96 bits per heavy atom. The first-order valence-corrected chi connectivity index (χ1v) is 8.10. The van der Waals surface area contributed by atoms with Crippen LogP contribution in [0.5, 0.6) is 0 Å². The topological polar surface area (TPSA) is 63.6 Å². The summed E-state index contributed by atoms with van der Waals surface area (Å²) in [6, 6.07) is 12.8. The largest absolute Gasteiger partial charge is 0.378 e. The van der Waals surface area contributed by atoms with Gasteiger partial charge in [-0.15, -0.1) is 0 Å². The fourth-order valence-corrected chi connectivity index (χ4v) is 2.69. The van der Waals surface area contributed by atoms with E-state index in [0.717, 1.165) is 37.7 Å². The highest BCUT2D eigenvalue weighted by Crippen LogP contribution is 2.20. The molecule has 1 aliphatic rings. The van der Waals surface area contributed by atoms with Crippen LogP contribution in [0, 0.1) is 0 Å². The van der Waals surface area contributed by atoms with Gasteiger partial charge >= 0.3 is 0 Å². The minimum Gasteiger partial charge on any atom is -0.378 e. The van der Waals surface area contributed by atoms with Crippen LogP contribution in [0.3, 0.4) is 0 Å². The number of carbonyl (C=O) groups excluding carboxylic acids is 1. The van der Waals surface area contributed by atoms with Crippen LogP contribution >= 0.6 is 0 Å². The summed E-state index contributed by atoms with van der Waals surface area (Å²) in [7, 11) is 0. The van der Waals surface area contributed by atoms with Gasteiger partial charge in [-0.3, -0.25) is 9.59 Å². The van der Waals surface area contributed by atoms with E-state index in [4.69, 9.17) is 4.74 Å². The number of pyridine rings is 1. The molecular formula is C18H21N3O3. The Kier molecular flexibility index (Phi) is 5.28. The van der Waals surface area contributed by atoms with Gasteiger partial charge in [-0.1, -0.05) is 12.1 Å². The minimum atomic E-state index is -0.107. The lowest BCUT2D eigenvalue weighted by Crippen LogP contribution is -2.36. The fraction of sp³-hybridized carbons (Fsp3) is 0.333. The molecule has 126 valence electrons. The van der Waals surface area contributed by atoms with E-state index in [9.17, 15) is 9.59 Å². The van der Waals surface area contributed by atoms with E-state index in [2.05, 4.69) is 10.2 Å². The number of nitrogens with zero attached hydrogens (tertiary/aromatic N) is 2. The second-order valence-corrected chi connectivity index (χ2v) is 5.68. The van der Waals surface area contributed by atoms with Crippen molar-refractivity contribution in [1.29, 1.82) is 0 Å². The zero-order chi connectivity index (χ0) is 16.8. The normalized spacial score (nSPS) is 14.4. The lowest BCUT2D eigenvalue weighted by molar-refractivity contribution is -0.116. The van der Waals surface area contributed by atoms with Gasteiger partial charge in [0.05, 0.1) is 13.2 Å². The van der Waals surface area contributed by atoms with Crippen LogP contribution in [0.4, 0.5) is 11.4 Å². The number of hydrogen-bond donors (Lipinski definition) is 1.